The first-order chi connectivity index (χ1) is 10.8. The molecule has 1 heterocycles. The van der Waals surface area contributed by atoms with Gasteiger partial charge in [-0.05, 0) is 61.8 Å². The highest BCUT2D eigenvalue weighted by molar-refractivity contribution is 5.29. The summed E-state index contributed by atoms with van der Waals surface area (Å²) in [6.07, 6.45) is 7.25. The van der Waals surface area contributed by atoms with Crippen molar-refractivity contribution in [3.8, 4) is 0 Å². The van der Waals surface area contributed by atoms with E-state index in [9.17, 15) is 10.2 Å². The van der Waals surface area contributed by atoms with Gasteiger partial charge in [-0.2, -0.15) is 0 Å². The smallest absolute Gasteiger partial charge is 0.0960 e. The molecule has 1 unspecified atom stereocenters. The number of aliphatic hydroxyl groups is 2. The number of aliphatic hydroxyl groups excluding tert-OH is 2. The monoisotopic (exact) mass is 318 g/mol. The molecule has 1 fully saturated rings. The van der Waals surface area contributed by atoms with Crippen molar-refractivity contribution in [2.45, 2.75) is 72.0 Å². The van der Waals surface area contributed by atoms with Crippen molar-refractivity contribution < 1.29 is 14.6 Å². The van der Waals surface area contributed by atoms with Crippen LogP contribution in [0.2, 0.25) is 0 Å². The summed E-state index contributed by atoms with van der Waals surface area (Å²) in [6, 6.07) is 1.85. The second kappa shape index (κ2) is 5.78. The maximum atomic E-state index is 10.6. The SMILES string of the molecule is CC1=C(CC(O)c2ccoc2)[C@@]2(C)CC[C@H](O)C(C)(C)[C@@H]2CC1. The Hall–Kier alpha value is -1.06. The fourth-order valence-corrected chi connectivity index (χ4v) is 5.27. The molecule has 128 valence electrons. The fraction of sp³-hybridized carbons (Fsp3) is 0.700. The highest BCUT2D eigenvalue weighted by Gasteiger charge is 2.53. The molecule has 0 aliphatic heterocycles. The third-order valence-corrected chi connectivity index (χ3v) is 6.80. The van der Waals surface area contributed by atoms with E-state index in [4.69, 9.17) is 4.42 Å². The van der Waals surface area contributed by atoms with Crippen LogP contribution in [0.4, 0.5) is 0 Å². The van der Waals surface area contributed by atoms with Gasteiger partial charge in [-0.25, -0.2) is 0 Å². The van der Waals surface area contributed by atoms with Gasteiger partial charge < -0.3 is 14.6 Å². The van der Waals surface area contributed by atoms with Crippen LogP contribution in [0.1, 0.15) is 71.5 Å². The lowest BCUT2D eigenvalue weighted by Crippen LogP contribution is -2.52. The Morgan fingerprint density at radius 3 is 2.70 bits per heavy atom. The molecule has 3 nitrogen and oxygen atoms in total. The Morgan fingerprint density at radius 2 is 2.04 bits per heavy atom. The zero-order valence-electron chi connectivity index (χ0n) is 14.8. The molecule has 0 saturated heterocycles. The molecular formula is C20H30O3. The Balaban J connectivity index is 1.92. The van der Waals surface area contributed by atoms with E-state index >= 15 is 0 Å². The van der Waals surface area contributed by atoms with Crippen LogP contribution >= 0.6 is 0 Å². The zero-order chi connectivity index (χ0) is 16.8. The molecular weight excluding hydrogens is 288 g/mol. The van der Waals surface area contributed by atoms with Crippen LogP contribution in [0.5, 0.6) is 0 Å². The Kier molecular flexibility index (Phi) is 4.22. The van der Waals surface area contributed by atoms with E-state index in [1.54, 1.807) is 12.5 Å². The minimum absolute atomic E-state index is 0.0699. The van der Waals surface area contributed by atoms with Crippen molar-refractivity contribution in [3.63, 3.8) is 0 Å². The van der Waals surface area contributed by atoms with Crippen LogP contribution < -0.4 is 0 Å². The first kappa shape index (κ1) is 16.8. The lowest BCUT2D eigenvalue weighted by Gasteiger charge is -2.57. The van der Waals surface area contributed by atoms with Crippen molar-refractivity contribution in [2.75, 3.05) is 0 Å². The van der Waals surface area contributed by atoms with Gasteiger partial charge in [0.25, 0.3) is 0 Å². The van der Waals surface area contributed by atoms with Gasteiger partial charge in [0.05, 0.1) is 24.7 Å². The topological polar surface area (TPSA) is 53.6 Å². The average molecular weight is 318 g/mol. The summed E-state index contributed by atoms with van der Waals surface area (Å²) in [6.45, 7) is 9.00. The van der Waals surface area contributed by atoms with Gasteiger partial charge in [0, 0.05) is 5.56 Å². The van der Waals surface area contributed by atoms with E-state index in [0.717, 1.165) is 31.2 Å². The van der Waals surface area contributed by atoms with E-state index in [2.05, 4.69) is 27.7 Å². The number of rotatable bonds is 3. The molecule has 2 N–H and O–H groups in total. The molecule has 2 aliphatic carbocycles. The predicted octanol–water partition coefficient (Wildman–Crippen LogP) is 4.62. The average Bonchev–Trinajstić information content (AvgIpc) is 3.01. The number of fused-ring (bicyclic) bond motifs is 1. The Morgan fingerprint density at radius 1 is 1.30 bits per heavy atom. The van der Waals surface area contributed by atoms with E-state index in [1.807, 2.05) is 6.07 Å². The lowest BCUT2D eigenvalue weighted by molar-refractivity contribution is -0.0905. The van der Waals surface area contributed by atoms with Crippen LogP contribution in [0.15, 0.2) is 34.2 Å². The maximum absolute atomic E-state index is 10.6. The van der Waals surface area contributed by atoms with Gasteiger partial charge in [0.15, 0.2) is 0 Å². The summed E-state index contributed by atoms with van der Waals surface area (Å²) in [5.41, 5.74) is 3.70. The molecule has 0 bridgehead atoms. The van der Waals surface area contributed by atoms with E-state index < -0.39 is 6.10 Å². The maximum Gasteiger partial charge on any atom is 0.0960 e. The van der Waals surface area contributed by atoms with Crippen molar-refractivity contribution in [2.24, 2.45) is 16.7 Å². The molecule has 2 aliphatic rings. The summed E-state index contributed by atoms with van der Waals surface area (Å²) in [5, 5.41) is 21.1. The molecule has 0 amide bonds. The van der Waals surface area contributed by atoms with Gasteiger partial charge in [-0.1, -0.05) is 31.9 Å². The highest BCUT2D eigenvalue weighted by atomic mass is 16.3. The fourth-order valence-electron chi connectivity index (χ4n) is 5.27. The van der Waals surface area contributed by atoms with Crippen LogP contribution in [-0.2, 0) is 0 Å². The molecule has 0 spiro atoms. The first-order valence-electron chi connectivity index (χ1n) is 8.84. The summed E-state index contributed by atoms with van der Waals surface area (Å²) in [5.74, 6) is 0.467. The molecule has 3 heteroatoms. The van der Waals surface area contributed by atoms with Crippen molar-refractivity contribution in [3.05, 3.63) is 35.3 Å². The van der Waals surface area contributed by atoms with Crippen LogP contribution in [-0.4, -0.2) is 16.3 Å². The number of allylic oxidation sites excluding steroid dienone is 1. The summed E-state index contributed by atoms with van der Waals surface area (Å²) in [7, 11) is 0. The highest BCUT2D eigenvalue weighted by Crippen LogP contribution is 2.60. The third-order valence-electron chi connectivity index (χ3n) is 6.80. The number of hydrogen-bond donors (Lipinski definition) is 2. The van der Waals surface area contributed by atoms with Gasteiger partial charge >= 0.3 is 0 Å². The van der Waals surface area contributed by atoms with Gasteiger partial charge in [0.1, 0.15) is 0 Å². The van der Waals surface area contributed by atoms with Crippen LogP contribution in [0.25, 0.3) is 0 Å². The van der Waals surface area contributed by atoms with Gasteiger partial charge in [-0.3, -0.25) is 0 Å². The Bertz CT molecular complexity index is 584. The zero-order valence-corrected chi connectivity index (χ0v) is 14.8. The minimum atomic E-state index is -0.510. The molecule has 4 atom stereocenters. The number of furan rings is 1. The van der Waals surface area contributed by atoms with Crippen molar-refractivity contribution in [1.29, 1.82) is 0 Å². The van der Waals surface area contributed by atoms with Gasteiger partial charge in [-0.15, -0.1) is 0 Å². The first-order valence-corrected chi connectivity index (χ1v) is 8.84. The van der Waals surface area contributed by atoms with Crippen molar-refractivity contribution >= 4 is 0 Å². The third kappa shape index (κ3) is 2.68. The molecule has 1 aromatic rings. The Labute approximate surface area is 139 Å². The minimum Gasteiger partial charge on any atom is -0.472 e. The summed E-state index contributed by atoms with van der Waals surface area (Å²) >= 11 is 0. The lowest BCUT2D eigenvalue weighted by atomic mass is 9.49. The second-order valence-electron chi connectivity index (χ2n) is 8.42. The standard InChI is InChI=1S/C20H30O3/c1-13-5-6-17-19(2,3)18(22)7-9-20(17,4)15(13)11-16(21)14-8-10-23-12-14/h8,10,12,16-18,21-22H,5-7,9,11H2,1-4H3/t16?,17-,18-,20+/m0/s1. The summed E-state index contributed by atoms with van der Waals surface area (Å²) in [4.78, 5) is 0. The van der Waals surface area contributed by atoms with E-state index in [-0.39, 0.29) is 16.9 Å². The van der Waals surface area contributed by atoms with Gasteiger partial charge in [0.2, 0.25) is 0 Å². The van der Waals surface area contributed by atoms with Crippen molar-refractivity contribution in [1.82, 2.24) is 0 Å². The summed E-state index contributed by atoms with van der Waals surface area (Å²) < 4.78 is 5.12. The number of hydrogen-bond acceptors (Lipinski definition) is 3. The normalized spacial score (nSPS) is 35.0. The van der Waals surface area contributed by atoms with Crippen LogP contribution in [0.3, 0.4) is 0 Å². The molecule has 23 heavy (non-hydrogen) atoms. The second-order valence-corrected chi connectivity index (χ2v) is 8.42. The largest absolute Gasteiger partial charge is 0.472 e. The molecule has 0 radical (unpaired) electrons. The molecule has 3 rings (SSSR count). The molecule has 0 aromatic carbocycles. The van der Waals surface area contributed by atoms with Crippen LogP contribution in [0, 0.1) is 16.7 Å². The quantitative estimate of drug-likeness (QED) is 0.800. The van der Waals surface area contributed by atoms with E-state index in [1.165, 1.54) is 11.1 Å². The predicted molar refractivity (Wildman–Crippen MR) is 90.8 cm³/mol. The molecule has 1 saturated carbocycles. The molecule has 1 aromatic heterocycles. The van der Waals surface area contributed by atoms with E-state index in [0.29, 0.717) is 12.3 Å².